The number of aryl methyl sites for hydroxylation is 1. The molecule has 0 saturated carbocycles. The molecular formula is C18H17N5O3. The Labute approximate surface area is 148 Å². The van der Waals surface area contributed by atoms with E-state index >= 15 is 0 Å². The van der Waals surface area contributed by atoms with Crippen molar-refractivity contribution in [1.29, 1.82) is 0 Å². The topological polar surface area (TPSA) is 97.6 Å². The quantitative estimate of drug-likeness (QED) is 0.335. The minimum Gasteiger partial charge on any atom is -0.491 e. The van der Waals surface area contributed by atoms with E-state index < -0.39 is 0 Å². The molecular weight excluding hydrogens is 334 g/mol. The largest absolute Gasteiger partial charge is 0.491 e. The molecule has 0 spiro atoms. The van der Waals surface area contributed by atoms with Crippen molar-refractivity contribution in [1.82, 2.24) is 19.5 Å². The van der Waals surface area contributed by atoms with Crippen molar-refractivity contribution in [2.24, 2.45) is 12.2 Å². The number of rotatable bonds is 4. The zero-order valence-electron chi connectivity index (χ0n) is 14.5. The molecule has 26 heavy (non-hydrogen) atoms. The molecule has 0 aliphatic rings. The fourth-order valence-corrected chi connectivity index (χ4v) is 3.12. The van der Waals surface area contributed by atoms with Gasteiger partial charge in [0.25, 0.3) is 5.88 Å². The summed E-state index contributed by atoms with van der Waals surface area (Å²) in [5.41, 5.74) is 4.95. The highest BCUT2D eigenvalue weighted by atomic mass is 16.5. The van der Waals surface area contributed by atoms with Crippen molar-refractivity contribution in [3.63, 3.8) is 0 Å². The van der Waals surface area contributed by atoms with E-state index in [4.69, 9.17) is 14.7 Å². The first-order chi connectivity index (χ1) is 12.7. The third kappa shape index (κ3) is 2.34. The molecule has 0 aliphatic carbocycles. The second kappa shape index (κ2) is 6.07. The Morgan fingerprint density at radius 1 is 1.27 bits per heavy atom. The van der Waals surface area contributed by atoms with E-state index in [1.165, 1.54) is 6.21 Å². The van der Waals surface area contributed by atoms with Gasteiger partial charge in [0.1, 0.15) is 11.2 Å². The van der Waals surface area contributed by atoms with Gasteiger partial charge in [0.2, 0.25) is 0 Å². The Hall–Kier alpha value is -3.55. The van der Waals surface area contributed by atoms with E-state index in [0.29, 0.717) is 17.3 Å². The van der Waals surface area contributed by atoms with Gasteiger partial charge in [-0.05, 0) is 12.1 Å². The van der Waals surface area contributed by atoms with Gasteiger partial charge < -0.3 is 24.2 Å². The number of methoxy groups -OCH3 is 2. The molecule has 0 bridgehead atoms. The van der Waals surface area contributed by atoms with Crippen LogP contribution in [0.1, 0.15) is 5.56 Å². The number of H-pyrrole nitrogens is 1. The zero-order valence-corrected chi connectivity index (χ0v) is 14.5. The molecule has 0 fully saturated rings. The number of aromatic nitrogens is 4. The number of nitrogens with one attached hydrogen (secondary N) is 1. The molecule has 0 radical (unpaired) electrons. The smallest absolute Gasteiger partial charge is 0.257 e. The minimum atomic E-state index is 0.426. The average molecular weight is 351 g/mol. The summed E-state index contributed by atoms with van der Waals surface area (Å²) < 4.78 is 12.7. The van der Waals surface area contributed by atoms with Crippen molar-refractivity contribution in [3.05, 3.63) is 36.2 Å². The Bertz CT molecular complexity index is 1140. The van der Waals surface area contributed by atoms with Crippen molar-refractivity contribution in [3.8, 4) is 22.9 Å². The number of pyridine rings is 2. The molecule has 132 valence electrons. The Kier molecular flexibility index (Phi) is 3.72. The first-order valence-electron chi connectivity index (χ1n) is 7.90. The Morgan fingerprint density at radius 3 is 2.85 bits per heavy atom. The van der Waals surface area contributed by atoms with Crippen LogP contribution >= 0.6 is 0 Å². The van der Waals surface area contributed by atoms with Crippen molar-refractivity contribution < 1.29 is 14.7 Å². The molecule has 0 aliphatic heterocycles. The van der Waals surface area contributed by atoms with Crippen LogP contribution in [-0.4, -0.2) is 45.2 Å². The van der Waals surface area contributed by atoms with Crippen LogP contribution in [0.4, 0.5) is 0 Å². The van der Waals surface area contributed by atoms with E-state index in [0.717, 1.165) is 33.2 Å². The highest BCUT2D eigenvalue weighted by molar-refractivity contribution is 6.01. The number of hydrogen-bond donors (Lipinski definition) is 2. The van der Waals surface area contributed by atoms with Gasteiger partial charge in [0, 0.05) is 42.0 Å². The summed E-state index contributed by atoms with van der Waals surface area (Å²) in [4.78, 5) is 12.3. The summed E-state index contributed by atoms with van der Waals surface area (Å²) >= 11 is 0. The zero-order chi connectivity index (χ0) is 18.3. The summed E-state index contributed by atoms with van der Waals surface area (Å²) in [6.07, 6.45) is 5.03. The molecule has 0 saturated heterocycles. The molecule has 2 N–H and O–H groups in total. The van der Waals surface area contributed by atoms with Crippen molar-refractivity contribution >= 4 is 28.3 Å². The number of ether oxygens (including phenoxy) is 2. The summed E-state index contributed by atoms with van der Waals surface area (Å²) in [5, 5.41) is 12.8. The number of fused-ring (bicyclic) bond motifs is 2. The van der Waals surface area contributed by atoms with E-state index in [9.17, 15) is 0 Å². The van der Waals surface area contributed by atoms with E-state index in [2.05, 4.69) is 20.1 Å². The lowest BCUT2D eigenvalue weighted by Crippen LogP contribution is -1.95. The minimum absolute atomic E-state index is 0.426. The van der Waals surface area contributed by atoms with Gasteiger partial charge in [0.05, 0.1) is 31.6 Å². The fourth-order valence-electron chi connectivity index (χ4n) is 3.12. The summed E-state index contributed by atoms with van der Waals surface area (Å²) in [7, 11) is 5.10. The van der Waals surface area contributed by atoms with Crippen LogP contribution in [0, 0.1) is 0 Å². The van der Waals surface area contributed by atoms with Gasteiger partial charge in [-0.2, -0.15) is 0 Å². The molecule has 4 rings (SSSR count). The van der Waals surface area contributed by atoms with Gasteiger partial charge in [-0.25, -0.2) is 9.97 Å². The second-order valence-corrected chi connectivity index (χ2v) is 5.81. The van der Waals surface area contributed by atoms with Gasteiger partial charge in [-0.1, -0.05) is 5.16 Å². The van der Waals surface area contributed by atoms with E-state index in [1.807, 2.05) is 29.9 Å². The molecule has 0 atom stereocenters. The van der Waals surface area contributed by atoms with Crippen molar-refractivity contribution in [2.75, 3.05) is 14.2 Å². The standard InChI is InChI=1S/C18H17N5O3/c1-23-9-12(16-14(23)7-15(25-2)18(22-16)26-3)13-6-11-10(8-20-24)4-5-19-17(11)21-13/h4-9,24H,1-3H3,(H,19,21). The SMILES string of the molecule is COc1cc2c(nc1OC)c(-c1cc3c(C=NO)ccnc3[nH]1)cn2C. The van der Waals surface area contributed by atoms with Crippen LogP contribution in [0.5, 0.6) is 11.6 Å². The van der Waals surface area contributed by atoms with Crippen LogP contribution in [0.2, 0.25) is 0 Å². The van der Waals surface area contributed by atoms with Gasteiger partial charge in [-0.15, -0.1) is 0 Å². The first kappa shape index (κ1) is 15.9. The van der Waals surface area contributed by atoms with Crippen LogP contribution in [0.15, 0.2) is 35.7 Å². The number of oxime groups is 1. The van der Waals surface area contributed by atoms with E-state index in [-0.39, 0.29) is 0 Å². The molecule has 4 heterocycles. The average Bonchev–Trinajstić information content (AvgIpc) is 3.22. The maximum Gasteiger partial charge on any atom is 0.257 e. The molecule has 4 aromatic rings. The number of nitrogens with zero attached hydrogens (tertiary/aromatic N) is 4. The van der Waals surface area contributed by atoms with Crippen molar-refractivity contribution in [2.45, 2.75) is 0 Å². The normalized spacial score (nSPS) is 11.7. The van der Waals surface area contributed by atoms with E-state index in [1.54, 1.807) is 26.5 Å². The first-order valence-corrected chi connectivity index (χ1v) is 7.90. The molecule has 8 heteroatoms. The molecule has 4 aromatic heterocycles. The van der Waals surface area contributed by atoms with Crippen LogP contribution in [-0.2, 0) is 7.05 Å². The molecule has 8 nitrogen and oxygen atoms in total. The summed E-state index contributed by atoms with van der Waals surface area (Å²) in [5.74, 6) is 1.00. The maximum absolute atomic E-state index is 8.85. The maximum atomic E-state index is 8.85. The third-order valence-electron chi connectivity index (χ3n) is 4.36. The van der Waals surface area contributed by atoms with Gasteiger partial charge in [0.15, 0.2) is 5.75 Å². The third-order valence-corrected chi connectivity index (χ3v) is 4.36. The number of hydrogen-bond acceptors (Lipinski definition) is 6. The highest BCUT2D eigenvalue weighted by Gasteiger charge is 2.17. The molecule has 0 aromatic carbocycles. The Morgan fingerprint density at radius 2 is 2.12 bits per heavy atom. The highest BCUT2D eigenvalue weighted by Crippen LogP contribution is 2.36. The molecule has 0 unspecified atom stereocenters. The van der Waals surface area contributed by atoms with Crippen LogP contribution in [0.25, 0.3) is 33.3 Å². The van der Waals surface area contributed by atoms with Crippen LogP contribution in [0.3, 0.4) is 0 Å². The predicted octanol–water partition coefficient (Wildman–Crippen LogP) is 2.94. The lowest BCUT2D eigenvalue weighted by atomic mass is 10.1. The fraction of sp³-hybridized carbons (Fsp3) is 0.167. The predicted molar refractivity (Wildman–Crippen MR) is 98.3 cm³/mol. The Balaban J connectivity index is 1.97. The summed E-state index contributed by atoms with van der Waals surface area (Å²) in [6.45, 7) is 0. The monoisotopic (exact) mass is 351 g/mol. The van der Waals surface area contributed by atoms with Gasteiger partial charge in [-0.3, -0.25) is 0 Å². The number of aromatic amines is 1. The second-order valence-electron chi connectivity index (χ2n) is 5.81. The van der Waals surface area contributed by atoms with Crippen LogP contribution < -0.4 is 9.47 Å². The van der Waals surface area contributed by atoms with Gasteiger partial charge >= 0.3 is 0 Å². The lowest BCUT2D eigenvalue weighted by molar-refractivity contribution is 0.322. The summed E-state index contributed by atoms with van der Waals surface area (Å²) in [6, 6.07) is 5.65. The lowest BCUT2D eigenvalue weighted by Gasteiger charge is -2.07. The molecule has 0 amide bonds.